The maximum absolute atomic E-state index is 12.2. The highest BCUT2D eigenvalue weighted by molar-refractivity contribution is 5.76. The van der Waals surface area contributed by atoms with E-state index in [1.165, 1.54) is 77.0 Å². The second kappa shape index (κ2) is 18.4. The largest absolute Gasteiger partial charge is 0.351 e. The van der Waals surface area contributed by atoms with Crippen LogP contribution in [0.1, 0.15) is 117 Å². The van der Waals surface area contributed by atoms with E-state index in [1.807, 2.05) is 0 Å². The lowest BCUT2D eigenvalue weighted by molar-refractivity contribution is -0.123. The highest BCUT2D eigenvalue weighted by atomic mass is 16.1. The fourth-order valence-corrected chi connectivity index (χ4v) is 3.68. The van der Waals surface area contributed by atoms with Crippen LogP contribution in [0, 0.1) is 0 Å². The Balaban J connectivity index is 3.57. The molecule has 0 radical (unpaired) electrons. The molecular formula is C24H51N3O. The van der Waals surface area contributed by atoms with Gasteiger partial charge in [0.15, 0.2) is 0 Å². The van der Waals surface area contributed by atoms with E-state index in [4.69, 9.17) is 5.73 Å². The molecule has 0 aromatic heterocycles. The van der Waals surface area contributed by atoms with Gasteiger partial charge in [0.1, 0.15) is 0 Å². The van der Waals surface area contributed by atoms with E-state index in [1.54, 1.807) is 0 Å². The highest BCUT2D eigenvalue weighted by Gasteiger charge is 2.19. The van der Waals surface area contributed by atoms with Crippen molar-refractivity contribution >= 4 is 5.91 Å². The summed E-state index contributed by atoms with van der Waals surface area (Å²) in [6.45, 7) is 9.07. The second-order valence-electron chi connectivity index (χ2n) is 9.27. The average Bonchev–Trinajstić information content (AvgIpc) is 2.65. The molecule has 0 unspecified atom stereocenters. The Labute approximate surface area is 176 Å². The van der Waals surface area contributed by atoms with E-state index in [9.17, 15) is 4.79 Å². The molecule has 0 bridgehead atoms. The van der Waals surface area contributed by atoms with Crippen molar-refractivity contribution in [2.24, 2.45) is 5.73 Å². The van der Waals surface area contributed by atoms with Gasteiger partial charge in [-0.3, -0.25) is 4.79 Å². The molecule has 0 rings (SSSR count). The fourth-order valence-electron chi connectivity index (χ4n) is 3.68. The van der Waals surface area contributed by atoms with Crippen molar-refractivity contribution in [3.63, 3.8) is 0 Å². The first-order chi connectivity index (χ1) is 13.4. The van der Waals surface area contributed by atoms with Gasteiger partial charge in [0, 0.05) is 18.5 Å². The third-order valence-electron chi connectivity index (χ3n) is 5.60. The molecule has 0 fully saturated rings. The number of rotatable bonds is 20. The number of hydrogen-bond donors (Lipinski definition) is 2. The van der Waals surface area contributed by atoms with E-state index in [2.05, 4.69) is 38.0 Å². The van der Waals surface area contributed by atoms with Crippen LogP contribution in [0.3, 0.4) is 0 Å². The molecule has 0 aromatic rings. The maximum Gasteiger partial charge on any atom is 0.221 e. The van der Waals surface area contributed by atoms with Crippen LogP contribution in [0.4, 0.5) is 0 Å². The van der Waals surface area contributed by atoms with Gasteiger partial charge in [-0.05, 0) is 46.8 Å². The fraction of sp³-hybridized carbons (Fsp3) is 0.958. The lowest BCUT2D eigenvalue weighted by Gasteiger charge is -2.27. The second-order valence-corrected chi connectivity index (χ2v) is 9.27. The van der Waals surface area contributed by atoms with Gasteiger partial charge in [-0.1, -0.05) is 84.0 Å². The Morgan fingerprint density at radius 1 is 0.821 bits per heavy atom. The summed E-state index contributed by atoms with van der Waals surface area (Å²) >= 11 is 0. The van der Waals surface area contributed by atoms with Crippen LogP contribution < -0.4 is 11.1 Å². The monoisotopic (exact) mass is 397 g/mol. The summed E-state index contributed by atoms with van der Waals surface area (Å²) in [5.74, 6) is 0.170. The predicted octanol–water partition coefficient (Wildman–Crippen LogP) is 5.64. The first-order valence-corrected chi connectivity index (χ1v) is 12.1. The molecule has 0 aliphatic heterocycles. The molecule has 0 aromatic carbocycles. The summed E-state index contributed by atoms with van der Waals surface area (Å²) in [7, 11) is 2.06. The summed E-state index contributed by atoms with van der Waals surface area (Å²) in [5, 5.41) is 3.22. The zero-order chi connectivity index (χ0) is 21.1. The summed E-state index contributed by atoms with van der Waals surface area (Å²) < 4.78 is 0. The first kappa shape index (κ1) is 27.4. The van der Waals surface area contributed by atoms with Crippen LogP contribution in [0.2, 0.25) is 0 Å². The Bertz CT molecular complexity index is 358. The summed E-state index contributed by atoms with van der Waals surface area (Å²) in [6.07, 6.45) is 19.1. The summed E-state index contributed by atoms with van der Waals surface area (Å²) in [4.78, 5) is 14.4. The van der Waals surface area contributed by atoms with Gasteiger partial charge in [0.25, 0.3) is 0 Å². The molecule has 4 heteroatoms. The van der Waals surface area contributed by atoms with Crippen molar-refractivity contribution in [2.75, 3.05) is 26.7 Å². The Hall–Kier alpha value is -0.610. The SMILES string of the molecule is CCCCCCCCCCCCCCC(C)(C)NC(=O)CCN(C)CCCN. The van der Waals surface area contributed by atoms with Crippen molar-refractivity contribution in [1.29, 1.82) is 0 Å². The zero-order valence-electron chi connectivity index (χ0n) is 19.7. The number of nitrogens with zero attached hydrogens (tertiary/aromatic N) is 1. The summed E-state index contributed by atoms with van der Waals surface area (Å²) in [5.41, 5.74) is 5.44. The van der Waals surface area contributed by atoms with Gasteiger partial charge in [0.05, 0.1) is 0 Å². The topological polar surface area (TPSA) is 58.4 Å². The van der Waals surface area contributed by atoms with Crippen molar-refractivity contribution in [3.05, 3.63) is 0 Å². The molecule has 0 aliphatic rings. The number of hydrogen-bond acceptors (Lipinski definition) is 3. The molecule has 4 nitrogen and oxygen atoms in total. The molecule has 168 valence electrons. The van der Waals surface area contributed by atoms with Gasteiger partial charge in [-0.15, -0.1) is 0 Å². The Morgan fingerprint density at radius 2 is 1.32 bits per heavy atom. The average molecular weight is 398 g/mol. The molecule has 0 atom stereocenters. The van der Waals surface area contributed by atoms with Crippen molar-refractivity contribution in [3.8, 4) is 0 Å². The number of nitrogens with two attached hydrogens (primary N) is 1. The van der Waals surface area contributed by atoms with Crippen LogP contribution in [-0.4, -0.2) is 43.0 Å². The lowest BCUT2D eigenvalue weighted by Crippen LogP contribution is -2.44. The lowest BCUT2D eigenvalue weighted by atomic mass is 9.95. The Morgan fingerprint density at radius 3 is 1.82 bits per heavy atom. The number of amides is 1. The van der Waals surface area contributed by atoms with Gasteiger partial charge in [-0.2, -0.15) is 0 Å². The first-order valence-electron chi connectivity index (χ1n) is 12.1. The van der Waals surface area contributed by atoms with Gasteiger partial charge in [0.2, 0.25) is 5.91 Å². The van der Waals surface area contributed by atoms with Gasteiger partial charge >= 0.3 is 0 Å². The molecule has 0 spiro atoms. The molecule has 0 aliphatic carbocycles. The Kier molecular flexibility index (Phi) is 18.0. The number of carbonyl (C=O) groups excluding carboxylic acids is 1. The minimum absolute atomic E-state index is 0.0919. The third-order valence-corrected chi connectivity index (χ3v) is 5.60. The van der Waals surface area contributed by atoms with Crippen LogP contribution in [-0.2, 0) is 4.79 Å². The van der Waals surface area contributed by atoms with E-state index in [0.29, 0.717) is 13.0 Å². The standard InChI is InChI=1S/C24H51N3O/c1-5-6-7-8-9-10-11-12-13-14-15-16-19-24(2,3)26-23(28)18-22-27(4)21-17-20-25/h5-22,25H2,1-4H3,(H,26,28). The minimum Gasteiger partial charge on any atom is -0.351 e. The van der Waals surface area contributed by atoms with E-state index < -0.39 is 0 Å². The normalized spacial score (nSPS) is 11.9. The molecule has 1 amide bonds. The number of carbonyl (C=O) groups is 1. The van der Waals surface area contributed by atoms with Gasteiger partial charge in [-0.25, -0.2) is 0 Å². The van der Waals surface area contributed by atoms with E-state index in [-0.39, 0.29) is 11.4 Å². The van der Waals surface area contributed by atoms with Crippen molar-refractivity contribution in [1.82, 2.24) is 10.2 Å². The predicted molar refractivity (Wildman–Crippen MR) is 124 cm³/mol. The number of unbranched alkanes of at least 4 members (excludes halogenated alkanes) is 11. The van der Waals surface area contributed by atoms with Crippen LogP contribution >= 0.6 is 0 Å². The molecule has 0 heterocycles. The molecule has 3 N–H and O–H groups in total. The van der Waals surface area contributed by atoms with Crippen LogP contribution in [0.5, 0.6) is 0 Å². The maximum atomic E-state index is 12.2. The van der Waals surface area contributed by atoms with E-state index >= 15 is 0 Å². The minimum atomic E-state index is -0.0919. The molecule has 0 saturated carbocycles. The van der Waals surface area contributed by atoms with Gasteiger partial charge < -0.3 is 16.0 Å². The van der Waals surface area contributed by atoms with E-state index in [0.717, 1.165) is 25.9 Å². The third kappa shape index (κ3) is 18.7. The van der Waals surface area contributed by atoms with Crippen molar-refractivity contribution in [2.45, 2.75) is 123 Å². The zero-order valence-corrected chi connectivity index (χ0v) is 19.7. The quantitative estimate of drug-likeness (QED) is 0.261. The smallest absolute Gasteiger partial charge is 0.221 e. The highest BCUT2D eigenvalue weighted by Crippen LogP contribution is 2.17. The molecule has 0 saturated heterocycles. The van der Waals surface area contributed by atoms with Crippen LogP contribution in [0.25, 0.3) is 0 Å². The molecular weight excluding hydrogens is 346 g/mol. The van der Waals surface area contributed by atoms with Crippen LogP contribution in [0.15, 0.2) is 0 Å². The summed E-state index contributed by atoms with van der Waals surface area (Å²) in [6, 6.07) is 0. The number of nitrogens with one attached hydrogen (secondary N) is 1. The van der Waals surface area contributed by atoms with Crippen molar-refractivity contribution < 1.29 is 4.79 Å². The molecule has 28 heavy (non-hydrogen) atoms.